The van der Waals surface area contributed by atoms with Gasteiger partial charge in [-0.1, -0.05) is 44.2 Å². The topological polar surface area (TPSA) is 156 Å². The molecule has 1 aromatic carbocycles. The number of amides is 4. The molecule has 4 rings (SSSR count). The van der Waals surface area contributed by atoms with E-state index >= 15 is 0 Å². The van der Waals surface area contributed by atoms with Crippen LogP contribution >= 0.6 is 0 Å². The molecule has 242 valence electrons. The number of carbonyl (C=O) groups excluding carboxylic acids is 4. The van der Waals surface area contributed by atoms with Gasteiger partial charge in [-0.2, -0.15) is 10.2 Å². The summed E-state index contributed by atoms with van der Waals surface area (Å²) in [5.74, 6) is -0.115. The Morgan fingerprint density at radius 3 is 2.40 bits per heavy atom. The highest BCUT2D eigenvalue weighted by molar-refractivity contribution is 5.88. The summed E-state index contributed by atoms with van der Waals surface area (Å²) in [5.41, 5.74) is 2.62. The van der Waals surface area contributed by atoms with Crippen LogP contribution in [0.4, 0.5) is 0 Å². The van der Waals surface area contributed by atoms with Crippen LogP contribution in [0.2, 0.25) is 0 Å². The summed E-state index contributed by atoms with van der Waals surface area (Å²) in [6.45, 7) is 10.6. The minimum Gasteiger partial charge on any atom is -0.354 e. The highest BCUT2D eigenvalue weighted by Crippen LogP contribution is 2.21. The Hall–Kier alpha value is -4.55. The van der Waals surface area contributed by atoms with Gasteiger partial charge in [0, 0.05) is 38.2 Å². The van der Waals surface area contributed by atoms with Crippen molar-refractivity contribution in [3.63, 3.8) is 0 Å². The maximum atomic E-state index is 13.8. The van der Waals surface area contributed by atoms with E-state index in [0.29, 0.717) is 50.5 Å². The number of carbonyl (C=O) groups is 4. The first-order chi connectivity index (χ1) is 21.5. The molecule has 13 heteroatoms. The average molecular weight is 620 g/mol. The van der Waals surface area contributed by atoms with E-state index in [1.165, 1.54) is 4.68 Å². The van der Waals surface area contributed by atoms with Crippen LogP contribution in [0.3, 0.4) is 0 Å². The molecule has 4 amide bonds. The predicted octanol–water partition coefficient (Wildman–Crippen LogP) is 1.77. The third-order valence-corrected chi connectivity index (χ3v) is 7.78. The Bertz CT molecular complexity index is 1480. The van der Waals surface area contributed by atoms with E-state index in [2.05, 4.69) is 31.1 Å². The molecule has 1 aliphatic heterocycles. The van der Waals surface area contributed by atoms with Crippen LogP contribution in [0.25, 0.3) is 0 Å². The van der Waals surface area contributed by atoms with Gasteiger partial charge in [-0.25, -0.2) is 9.67 Å². The fourth-order valence-corrected chi connectivity index (χ4v) is 5.47. The number of nitrogens with one attached hydrogen (secondary N) is 3. The summed E-state index contributed by atoms with van der Waals surface area (Å²) < 4.78 is 3.19. The number of nitrogens with zero attached hydrogens (tertiary/aromatic N) is 6. The first-order valence-electron chi connectivity index (χ1n) is 15.6. The second-order valence-corrected chi connectivity index (χ2v) is 12.0. The smallest absolute Gasteiger partial charge is 0.244 e. The van der Waals surface area contributed by atoms with Crippen LogP contribution in [0.15, 0.2) is 36.4 Å². The maximum Gasteiger partial charge on any atom is 0.244 e. The summed E-state index contributed by atoms with van der Waals surface area (Å²) in [6.07, 6.45) is 1.39. The quantitative estimate of drug-likeness (QED) is 0.393. The fourth-order valence-electron chi connectivity index (χ4n) is 5.47. The number of hydrogen-bond donors (Lipinski definition) is 3. The molecule has 1 aliphatic rings. The largest absolute Gasteiger partial charge is 0.354 e. The van der Waals surface area contributed by atoms with Gasteiger partial charge in [0.1, 0.15) is 25.0 Å². The van der Waals surface area contributed by atoms with Gasteiger partial charge in [-0.15, -0.1) is 0 Å². The van der Waals surface area contributed by atoms with Crippen molar-refractivity contribution < 1.29 is 19.2 Å². The van der Waals surface area contributed by atoms with E-state index in [-0.39, 0.29) is 49.1 Å². The summed E-state index contributed by atoms with van der Waals surface area (Å²) in [6, 6.07) is 10.0. The first-order valence-corrected chi connectivity index (χ1v) is 15.6. The Labute approximate surface area is 264 Å². The van der Waals surface area contributed by atoms with Crippen molar-refractivity contribution in [2.45, 2.75) is 85.5 Å². The molecule has 3 N–H and O–H groups in total. The minimum absolute atomic E-state index is 0.0694. The van der Waals surface area contributed by atoms with Crippen molar-refractivity contribution in [1.29, 1.82) is 0 Å². The van der Waals surface area contributed by atoms with Crippen LogP contribution in [0, 0.1) is 26.7 Å². The van der Waals surface area contributed by atoms with Crippen molar-refractivity contribution in [3.05, 3.63) is 65.0 Å². The van der Waals surface area contributed by atoms with Gasteiger partial charge in [0.2, 0.25) is 23.6 Å². The van der Waals surface area contributed by atoms with Crippen LogP contribution < -0.4 is 16.0 Å². The lowest BCUT2D eigenvalue weighted by molar-refractivity contribution is -0.133. The molecular formula is C32H45N9O4. The second-order valence-electron chi connectivity index (χ2n) is 12.0. The van der Waals surface area contributed by atoms with Crippen LogP contribution in [-0.4, -0.2) is 78.7 Å². The number of benzene rings is 1. The van der Waals surface area contributed by atoms with Crippen molar-refractivity contribution >= 4 is 23.6 Å². The summed E-state index contributed by atoms with van der Waals surface area (Å²) in [4.78, 5) is 59.5. The Kier molecular flexibility index (Phi) is 11.4. The van der Waals surface area contributed by atoms with Gasteiger partial charge in [0.05, 0.1) is 11.7 Å². The zero-order chi connectivity index (χ0) is 32.5. The fraction of sp³-hybridized carbons (Fsp3) is 0.531. The molecule has 0 radical (unpaired) electrons. The second kappa shape index (κ2) is 15.4. The van der Waals surface area contributed by atoms with E-state index < -0.39 is 12.1 Å². The zero-order valence-corrected chi connectivity index (χ0v) is 26.9. The van der Waals surface area contributed by atoms with Crippen molar-refractivity contribution in [3.8, 4) is 0 Å². The van der Waals surface area contributed by atoms with Crippen LogP contribution in [0.1, 0.15) is 67.8 Å². The molecule has 0 aliphatic carbocycles. The number of aromatic nitrogens is 5. The molecule has 3 aromatic rings. The van der Waals surface area contributed by atoms with Gasteiger partial charge in [0.25, 0.3) is 0 Å². The van der Waals surface area contributed by atoms with Crippen molar-refractivity contribution in [2.75, 3.05) is 19.6 Å². The normalized spacial score (nSPS) is 19.2. The van der Waals surface area contributed by atoms with Crippen LogP contribution in [-0.2, 0) is 38.7 Å². The van der Waals surface area contributed by atoms with Crippen molar-refractivity contribution in [1.82, 2.24) is 45.4 Å². The first kappa shape index (κ1) is 33.3. The number of hydrogen-bond acceptors (Lipinski definition) is 7. The average Bonchev–Trinajstić information content (AvgIpc) is 3.50. The van der Waals surface area contributed by atoms with E-state index in [1.54, 1.807) is 16.5 Å². The standard InChI is InChI=1S/C32H45N9O4/c1-21(2)30-31-34-24(5)38-41(31)19-28(43)33-14-10-16-39(29(44)20-40-23(4)17-22(3)37-40)15-9-13-27(42)35-26(32(45)36-30)18-25-11-7-6-8-12-25/h6-8,11-12,17,21,26,30H,9-10,13-16,18-20H2,1-5H3,(H,33,43)(H,35,42)(H,36,45)/t26-,30+/m1/s1. The summed E-state index contributed by atoms with van der Waals surface area (Å²) in [5, 5.41) is 17.8. The third kappa shape index (κ3) is 9.47. The summed E-state index contributed by atoms with van der Waals surface area (Å²) >= 11 is 0. The van der Waals surface area contributed by atoms with Gasteiger partial charge >= 0.3 is 0 Å². The number of fused-ring (bicyclic) bond motifs is 1. The molecule has 0 unspecified atom stereocenters. The van der Waals surface area contributed by atoms with Gasteiger partial charge < -0.3 is 20.9 Å². The molecule has 13 nitrogen and oxygen atoms in total. The molecule has 3 heterocycles. The molecule has 0 spiro atoms. The van der Waals surface area contributed by atoms with E-state index in [9.17, 15) is 19.2 Å². The van der Waals surface area contributed by atoms with E-state index in [0.717, 1.165) is 17.0 Å². The van der Waals surface area contributed by atoms with Crippen LogP contribution in [0.5, 0.6) is 0 Å². The van der Waals surface area contributed by atoms with E-state index in [4.69, 9.17) is 0 Å². The Morgan fingerprint density at radius 2 is 1.71 bits per heavy atom. The van der Waals surface area contributed by atoms with E-state index in [1.807, 2.05) is 64.1 Å². The minimum atomic E-state index is -0.843. The molecule has 45 heavy (non-hydrogen) atoms. The van der Waals surface area contributed by atoms with Crippen molar-refractivity contribution in [2.24, 2.45) is 5.92 Å². The highest BCUT2D eigenvalue weighted by Gasteiger charge is 2.30. The van der Waals surface area contributed by atoms with Gasteiger partial charge in [-0.3, -0.25) is 23.9 Å². The molecule has 2 aromatic heterocycles. The lowest BCUT2D eigenvalue weighted by Crippen LogP contribution is -2.50. The maximum absolute atomic E-state index is 13.8. The number of rotatable bonds is 5. The SMILES string of the molecule is Cc1cc(C)n(CC(=O)N2CCCNC(=O)Cn3nc(C)nc3[C@H](C(C)C)NC(=O)[C@@H](Cc3ccccc3)NC(=O)CCC2)n1. The summed E-state index contributed by atoms with van der Waals surface area (Å²) in [7, 11) is 0. The lowest BCUT2D eigenvalue weighted by Gasteiger charge is -2.26. The highest BCUT2D eigenvalue weighted by atomic mass is 16.2. The third-order valence-electron chi connectivity index (χ3n) is 7.78. The number of aryl methyl sites for hydroxylation is 3. The molecule has 2 atom stereocenters. The lowest BCUT2D eigenvalue weighted by atomic mass is 10.0. The molecule has 0 saturated carbocycles. The Balaban J connectivity index is 1.58. The predicted molar refractivity (Wildman–Crippen MR) is 168 cm³/mol. The molecular weight excluding hydrogens is 574 g/mol. The van der Waals surface area contributed by atoms with Gasteiger partial charge in [-0.05, 0) is 51.2 Å². The molecule has 0 fully saturated rings. The monoisotopic (exact) mass is 619 g/mol. The molecule has 0 saturated heterocycles. The Morgan fingerprint density at radius 1 is 0.978 bits per heavy atom. The van der Waals surface area contributed by atoms with Gasteiger partial charge in [0.15, 0.2) is 5.82 Å². The molecule has 0 bridgehead atoms. The zero-order valence-electron chi connectivity index (χ0n) is 26.9.